The number of ether oxygens (including phenoxy) is 1. The van der Waals surface area contributed by atoms with Crippen LogP contribution in [0.4, 0.5) is 4.79 Å². The quantitative estimate of drug-likeness (QED) is 0.758. The van der Waals surface area contributed by atoms with Crippen LogP contribution in [0.3, 0.4) is 0 Å². The van der Waals surface area contributed by atoms with Gasteiger partial charge in [-0.3, -0.25) is 0 Å². The number of amides is 1. The van der Waals surface area contributed by atoms with Crippen LogP contribution < -0.4 is 0 Å². The van der Waals surface area contributed by atoms with E-state index in [4.69, 9.17) is 16.3 Å². The first-order valence-corrected chi connectivity index (χ1v) is 7.34. The molecule has 0 aromatic carbocycles. The van der Waals surface area contributed by atoms with Gasteiger partial charge in [0.25, 0.3) is 0 Å². The average Bonchev–Trinajstić information content (AvgIpc) is 2.72. The highest BCUT2D eigenvalue weighted by molar-refractivity contribution is 6.30. The van der Waals surface area contributed by atoms with Crippen molar-refractivity contribution < 1.29 is 9.53 Å². The lowest BCUT2D eigenvalue weighted by Gasteiger charge is -2.30. The molecule has 0 fully saturated rings. The van der Waals surface area contributed by atoms with Crippen molar-refractivity contribution in [2.75, 3.05) is 6.54 Å². The number of aromatic nitrogens is 2. The van der Waals surface area contributed by atoms with Crippen molar-refractivity contribution in [3.63, 3.8) is 0 Å². The second-order valence-electron chi connectivity index (χ2n) is 6.29. The summed E-state index contributed by atoms with van der Waals surface area (Å²) in [5, 5.41) is 1.48. The van der Waals surface area contributed by atoms with Gasteiger partial charge in [-0.1, -0.05) is 11.6 Å². The first-order chi connectivity index (χ1) is 9.83. The molecule has 0 aliphatic carbocycles. The maximum Gasteiger partial charge on any atom is 0.410 e. The summed E-state index contributed by atoms with van der Waals surface area (Å²) in [7, 11) is 0. The first kappa shape index (κ1) is 14.2. The zero-order valence-electron chi connectivity index (χ0n) is 12.4. The van der Waals surface area contributed by atoms with E-state index in [-0.39, 0.29) is 6.09 Å². The van der Waals surface area contributed by atoms with Gasteiger partial charge in [-0.05, 0) is 26.8 Å². The summed E-state index contributed by atoms with van der Waals surface area (Å²) in [6.07, 6.45) is 2.26. The van der Waals surface area contributed by atoms with Crippen molar-refractivity contribution in [1.29, 1.82) is 0 Å². The van der Waals surface area contributed by atoms with Crippen molar-refractivity contribution >= 4 is 28.6 Å². The Labute approximate surface area is 128 Å². The monoisotopic (exact) mass is 307 g/mol. The van der Waals surface area contributed by atoms with E-state index in [9.17, 15) is 4.79 Å². The zero-order valence-corrected chi connectivity index (χ0v) is 13.1. The van der Waals surface area contributed by atoms with Crippen LogP contribution in [-0.4, -0.2) is 33.1 Å². The maximum atomic E-state index is 12.2. The maximum absolute atomic E-state index is 12.2. The molecule has 2 aromatic rings. The van der Waals surface area contributed by atoms with E-state index in [1.54, 1.807) is 11.1 Å². The second-order valence-corrected chi connectivity index (χ2v) is 6.67. The fourth-order valence-electron chi connectivity index (χ4n) is 2.57. The molecule has 1 aliphatic rings. The molecule has 0 radical (unpaired) electrons. The Hall–Kier alpha value is -1.75. The minimum Gasteiger partial charge on any atom is -0.444 e. The van der Waals surface area contributed by atoms with Crippen LogP contribution >= 0.6 is 11.6 Å². The van der Waals surface area contributed by atoms with Crippen molar-refractivity contribution in [1.82, 2.24) is 14.9 Å². The Morgan fingerprint density at radius 2 is 2.24 bits per heavy atom. The number of hydrogen-bond acceptors (Lipinski definition) is 3. The van der Waals surface area contributed by atoms with E-state index in [0.717, 1.165) is 28.6 Å². The highest BCUT2D eigenvalue weighted by atomic mass is 35.5. The van der Waals surface area contributed by atoms with Gasteiger partial charge >= 0.3 is 6.09 Å². The summed E-state index contributed by atoms with van der Waals surface area (Å²) in [6.45, 7) is 6.80. The predicted molar refractivity (Wildman–Crippen MR) is 81.5 cm³/mol. The van der Waals surface area contributed by atoms with Gasteiger partial charge in [-0.2, -0.15) is 0 Å². The molecule has 2 aromatic heterocycles. The van der Waals surface area contributed by atoms with Crippen LogP contribution in [0.25, 0.3) is 10.9 Å². The molecule has 0 spiro atoms. The number of halogens is 1. The number of carbonyl (C=O) groups is 1. The zero-order chi connectivity index (χ0) is 15.2. The smallest absolute Gasteiger partial charge is 0.410 e. The Bertz CT molecular complexity index is 703. The summed E-state index contributed by atoms with van der Waals surface area (Å²) in [5.41, 5.74) is 2.73. The highest BCUT2D eigenvalue weighted by Gasteiger charge is 2.27. The molecule has 0 saturated heterocycles. The Morgan fingerprint density at radius 1 is 1.48 bits per heavy atom. The van der Waals surface area contributed by atoms with Crippen molar-refractivity contribution in [3.05, 3.63) is 28.7 Å². The molecule has 112 valence electrons. The summed E-state index contributed by atoms with van der Waals surface area (Å²) in [6, 6.07) is 1.81. The van der Waals surface area contributed by atoms with Crippen LogP contribution in [0, 0.1) is 0 Å². The topological polar surface area (TPSA) is 58.2 Å². The molecule has 3 heterocycles. The summed E-state index contributed by atoms with van der Waals surface area (Å²) >= 11 is 5.92. The Kier molecular flexibility index (Phi) is 3.32. The van der Waals surface area contributed by atoms with Crippen LogP contribution in [0.2, 0.25) is 5.15 Å². The number of nitrogens with zero attached hydrogens (tertiary/aromatic N) is 2. The van der Waals surface area contributed by atoms with E-state index in [0.29, 0.717) is 18.2 Å². The van der Waals surface area contributed by atoms with Gasteiger partial charge in [0.2, 0.25) is 0 Å². The summed E-state index contributed by atoms with van der Waals surface area (Å²) < 4.78 is 5.44. The third-order valence-electron chi connectivity index (χ3n) is 3.48. The van der Waals surface area contributed by atoms with E-state index < -0.39 is 5.60 Å². The highest BCUT2D eigenvalue weighted by Crippen LogP contribution is 2.29. The molecule has 3 rings (SSSR count). The Balaban J connectivity index is 1.88. The van der Waals surface area contributed by atoms with Crippen molar-refractivity contribution in [2.45, 2.75) is 39.3 Å². The standard InChI is InChI=1S/C15H18ClN3O2/c1-15(2,3)21-14(20)19-5-4-11-10(8-19)9-7-17-13(16)6-12(9)18-11/h6-7,18H,4-5,8H2,1-3H3. The molecular formula is C15H18ClN3O2. The number of hydrogen-bond donors (Lipinski definition) is 1. The molecular weight excluding hydrogens is 290 g/mol. The van der Waals surface area contributed by atoms with E-state index in [1.807, 2.05) is 26.8 Å². The van der Waals surface area contributed by atoms with Gasteiger partial charge in [0.1, 0.15) is 10.8 Å². The predicted octanol–water partition coefficient (Wildman–Crippen LogP) is 3.51. The van der Waals surface area contributed by atoms with Crippen LogP contribution in [0.1, 0.15) is 32.0 Å². The molecule has 0 saturated carbocycles. The lowest BCUT2D eigenvalue weighted by molar-refractivity contribution is 0.0224. The summed E-state index contributed by atoms with van der Waals surface area (Å²) in [4.78, 5) is 21.4. The third-order valence-corrected chi connectivity index (χ3v) is 3.68. The molecule has 1 amide bonds. The van der Waals surface area contributed by atoms with E-state index >= 15 is 0 Å². The molecule has 0 atom stereocenters. The van der Waals surface area contributed by atoms with Gasteiger partial charge < -0.3 is 14.6 Å². The van der Waals surface area contributed by atoms with Crippen LogP contribution in [0.5, 0.6) is 0 Å². The minimum atomic E-state index is -0.480. The molecule has 0 unspecified atom stereocenters. The summed E-state index contributed by atoms with van der Waals surface area (Å²) in [5.74, 6) is 0. The SMILES string of the molecule is CC(C)(C)OC(=O)N1CCc2[nH]c3cc(Cl)ncc3c2C1. The number of fused-ring (bicyclic) bond motifs is 3. The molecule has 21 heavy (non-hydrogen) atoms. The number of aromatic amines is 1. The lowest BCUT2D eigenvalue weighted by atomic mass is 10.1. The molecule has 0 bridgehead atoms. The minimum absolute atomic E-state index is 0.274. The van der Waals surface area contributed by atoms with Crippen molar-refractivity contribution in [3.8, 4) is 0 Å². The fraction of sp³-hybridized carbons (Fsp3) is 0.467. The molecule has 1 N–H and O–H groups in total. The van der Waals surface area contributed by atoms with Gasteiger partial charge in [0.05, 0.1) is 12.1 Å². The number of nitrogens with one attached hydrogen (secondary N) is 1. The average molecular weight is 308 g/mol. The van der Waals surface area contributed by atoms with Gasteiger partial charge in [0, 0.05) is 35.8 Å². The molecule has 1 aliphatic heterocycles. The normalized spacial score (nSPS) is 15.1. The van der Waals surface area contributed by atoms with Crippen molar-refractivity contribution in [2.24, 2.45) is 0 Å². The Morgan fingerprint density at radius 3 is 2.95 bits per heavy atom. The molecule has 6 heteroatoms. The van der Waals surface area contributed by atoms with Gasteiger partial charge in [-0.15, -0.1) is 0 Å². The number of carbonyl (C=O) groups excluding carboxylic acids is 1. The van der Waals surface area contributed by atoms with Crippen LogP contribution in [-0.2, 0) is 17.7 Å². The van der Waals surface area contributed by atoms with Gasteiger partial charge in [-0.25, -0.2) is 9.78 Å². The number of pyridine rings is 1. The number of rotatable bonds is 0. The van der Waals surface area contributed by atoms with Gasteiger partial charge in [0.15, 0.2) is 0 Å². The lowest BCUT2D eigenvalue weighted by Crippen LogP contribution is -2.39. The second kappa shape index (κ2) is 4.91. The van der Waals surface area contributed by atoms with Crippen LogP contribution in [0.15, 0.2) is 12.3 Å². The molecule has 5 nitrogen and oxygen atoms in total. The number of H-pyrrole nitrogens is 1. The van der Waals surface area contributed by atoms with E-state index in [1.165, 1.54) is 0 Å². The largest absolute Gasteiger partial charge is 0.444 e. The fourth-order valence-corrected chi connectivity index (χ4v) is 2.73. The van der Waals surface area contributed by atoms with E-state index in [2.05, 4.69) is 9.97 Å². The first-order valence-electron chi connectivity index (χ1n) is 6.96. The third kappa shape index (κ3) is 2.83.